The highest BCUT2D eigenvalue weighted by Gasteiger charge is 2.28. The number of hydrogen-bond acceptors (Lipinski definition) is 3. The van der Waals surface area contributed by atoms with Crippen LogP contribution in [-0.2, 0) is 0 Å². The third-order valence-corrected chi connectivity index (χ3v) is 7.62. The minimum atomic E-state index is -0.390. The maximum Gasteiger partial charge on any atom is 0.321 e. The summed E-state index contributed by atoms with van der Waals surface area (Å²) in [5.74, 6) is 0.104. The summed E-state index contributed by atoms with van der Waals surface area (Å²) in [6.07, 6.45) is 0. The Labute approximate surface area is 237 Å². The molecule has 2 heterocycles. The van der Waals surface area contributed by atoms with Gasteiger partial charge in [0.15, 0.2) is 0 Å². The molecule has 1 aromatic heterocycles. The number of amides is 3. The summed E-state index contributed by atoms with van der Waals surface area (Å²) in [7, 11) is 1.59. The highest BCUT2D eigenvalue weighted by molar-refractivity contribution is 6.31. The molecule has 4 aromatic rings. The molecule has 0 bridgehead atoms. The van der Waals surface area contributed by atoms with E-state index in [-0.39, 0.29) is 17.8 Å². The van der Waals surface area contributed by atoms with E-state index >= 15 is 0 Å². The van der Waals surface area contributed by atoms with Crippen LogP contribution in [0.4, 0.5) is 14.9 Å². The number of urea groups is 1. The first-order chi connectivity index (χ1) is 19.3. The summed E-state index contributed by atoms with van der Waals surface area (Å²) >= 11 is 6.18. The van der Waals surface area contributed by atoms with Crippen LogP contribution in [0.25, 0.3) is 16.9 Å². The van der Waals surface area contributed by atoms with Crippen molar-refractivity contribution in [3.05, 3.63) is 100 Å². The lowest BCUT2D eigenvalue weighted by Gasteiger charge is -2.34. The lowest BCUT2D eigenvalue weighted by atomic mass is 10.1. The average molecular weight is 561 g/mol. The molecule has 0 spiro atoms. The Hall–Kier alpha value is -4.30. The van der Waals surface area contributed by atoms with Gasteiger partial charge in [-0.25, -0.2) is 9.18 Å². The zero-order valence-electron chi connectivity index (χ0n) is 22.6. The molecule has 1 N–H and O–H groups in total. The number of piperazine rings is 1. The van der Waals surface area contributed by atoms with Gasteiger partial charge in [-0.1, -0.05) is 41.9 Å². The van der Waals surface area contributed by atoms with Gasteiger partial charge in [0.2, 0.25) is 0 Å². The Kier molecular flexibility index (Phi) is 7.80. The van der Waals surface area contributed by atoms with Crippen molar-refractivity contribution in [1.29, 1.82) is 0 Å². The normalized spacial score (nSPS) is 13.3. The Bertz CT molecular complexity index is 1580. The van der Waals surface area contributed by atoms with Gasteiger partial charge in [-0.2, -0.15) is 0 Å². The fraction of sp³-hybridized carbons (Fsp3) is 0.226. The van der Waals surface area contributed by atoms with Gasteiger partial charge >= 0.3 is 6.03 Å². The summed E-state index contributed by atoms with van der Waals surface area (Å²) in [6, 6.07) is 20.9. The number of aryl methyl sites for hydroxylation is 1. The number of methoxy groups -OCH3 is 1. The van der Waals surface area contributed by atoms with Gasteiger partial charge in [0.1, 0.15) is 11.6 Å². The molecular formula is C31H30ClFN4O3. The van der Waals surface area contributed by atoms with Gasteiger partial charge in [0.25, 0.3) is 5.91 Å². The van der Waals surface area contributed by atoms with E-state index in [1.807, 2.05) is 50.2 Å². The Morgan fingerprint density at radius 2 is 1.62 bits per heavy atom. The Morgan fingerprint density at radius 3 is 2.33 bits per heavy atom. The van der Waals surface area contributed by atoms with Crippen LogP contribution < -0.4 is 10.1 Å². The number of benzene rings is 3. The fourth-order valence-electron chi connectivity index (χ4n) is 4.92. The third kappa shape index (κ3) is 5.40. The van der Waals surface area contributed by atoms with Gasteiger partial charge in [0, 0.05) is 48.1 Å². The summed E-state index contributed by atoms with van der Waals surface area (Å²) in [5, 5.41) is 3.46. The summed E-state index contributed by atoms with van der Waals surface area (Å²) in [4.78, 5) is 30.0. The predicted molar refractivity (Wildman–Crippen MR) is 155 cm³/mol. The van der Waals surface area contributed by atoms with Crippen LogP contribution in [0.2, 0.25) is 5.02 Å². The lowest BCUT2D eigenvalue weighted by Crippen LogP contribution is -2.51. The zero-order chi connectivity index (χ0) is 28.4. The average Bonchev–Trinajstić information content (AvgIpc) is 3.31. The van der Waals surface area contributed by atoms with E-state index in [4.69, 9.17) is 16.3 Å². The van der Waals surface area contributed by atoms with Gasteiger partial charge in [-0.3, -0.25) is 4.79 Å². The van der Waals surface area contributed by atoms with Gasteiger partial charge in [-0.15, -0.1) is 0 Å². The number of rotatable bonds is 5. The fourth-order valence-corrected chi connectivity index (χ4v) is 5.10. The van der Waals surface area contributed by atoms with Crippen molar-refractivity contribution in [2.24, 2.45) is 0 Å². The van der Waals surface area contributed by atoms with Crippen molar-refractivity contribution in [1.82, 2.24) is 14.4 Å². The van der Waals surface area contributed by atoms with E-state index in [9.17, 15) is 14.0 Å². The number of halogens is 2. The quantitative estimate of drug-likeness (QED) is 0.301. The molecule has 1 aliphatic rings. The second kappa shape index (κ2) is 11.4. The monoisotopic (exact) mass is 560 g/mol. The molecule has 5 rings (SSSR count). The van der Waals surface area contributed by atoms with Crippen LogP contribution in [-0.4, -0.2) is 59.6 Å². The minimum Gasteiger partial charge on any atom is -0.497 e. The van der Waals surface area contributed by atoms with Crippen LogP contribution in [0, 0.1) is 19.7 Å². The van der Waals surface area contributed by atoms with Crippen molar-refractivity contribution >= 4 is 29.2 Å². The first kappa shape index (κ1) is 27.3. The van der Waals surface area contributed by atoms with Crippen LogP contribution in [0.5, 0.6) is 5.75 Å². The van der Waals surface area contributed by atoms with E-state index in [2.05, 4.69) is 5.32 Å². The van der Waals surface area contributed by atoms with Crippen molar-refractivity contribution < 1.29 is 18.7 Å². The van der Waals surface area contributed by atoms with Crippen LogP contribution in [0.1, 0.15) is 21.6 Å². The standard InChI is InChI=1S/C31H30ClFN4O3/c1-20-11-12-23(18-26(20)32)34-31(39)36-15-13-35(14-16-36)30(38)25-19-29(22-7-6-8-24(17-22)40-3)37(21(25)2)28-10-5-4-9-27(28)33/h4-12,17-19H,13-16H2,1-3H3,(H,34,39). The summed E-state index contributed by atoms with van der Waals surface area (Å²) < 4.78 is 22.2. The van der Waals surface area contributed by atoms with Crippen molar-refractivity contribution in [2.75, 3.05) is 38.6 Å². The van der Waals surface area contributed by atoms with Crippen molar-refractivity contribution in [3.63, 3.8) is 0 Å². The maximum absolute atomic E-state index is 15.0. The lowest BCUT2D eigenvalue weighted by molar-refractivity contribution is 0.0671. The third-order valence-electron chi connectivity index (χ3n) is 7.21. The van der Waals surface area contributed by atoms with E-state index in [1.165, 1.54) is 6.07 Å². The summed E-state index contributed by atoms with van der Waals surface area (Å²) in [5.41, 5.74) is 4.49. The molecule has 40 heavy (non-hydrogen) atoms. The molecule has 3 aromatic carbocycles. The summed E-state index contributed by atoms with van der Waals surface area (Å²) in [6.45, 7) is 5.23. The number of nitrogens with zero attached hydrogens (tertiary/aromatic N) is 3. The Balaban J connectivity index is 1.38. The molecule has 0 saturated carbocycles. The first-order valence-corrected chi connectivity index (χ1v) is 13.4. The smallest absolute Gasteiger partial charge is 0.321 e. The number of aromatic nitrogens is 1. The van der Waals surface area contributed by atoms with E-state index in [1.54, 1.807) is 51.8 Å². The van der Waals surface area contributed by atoms with Gasteiger partial charge in [0.05, 0.1) is 24.1 Å². The number of anilines is 1. The second-order valence-corrected chi connectivity index (χ2v) is 10.1. The molecule has 0 aliphatic carbocycles. The maximum atomic E-state index is 15.0. The number of ether oxygens (including phenoxy) is 1. The van der Waals surface area contributed by atoms with Crippen LogP contribution in [0.3, 0.4) is 0 Å². The predicted octanol–water partition coefficient (Wildman–Crippen LogP) is 6.55. The Morgan fingerprint density at radius 1 is 0.900 bits per heavy atom. The largest absolute Gasteiger partial charge is 0.497 e. The molecule has 0 atom stereocenters. The highest BCUT2D eigenvalue weighted by atomic mass is 35.5. The topological polar surface area (TPSA) is 66.8 Å². The highest BCUT2D eigenvalue weighted by Crippen LogP contribution is 2.33. The number of nitrogens with one attached hydrogen (secondary N) is 1. The number of para-hydroxylation sites is 1. The molecule has 1 fully saturated rings. The number of carbonyl (C=O) groups excluding carboxylic acids is 2. The molecule has 7 nitrogen and oxygen atoms in total. The van der Waals surface area contributed by atoms with Crippen molar-refractivity contribution in [3.8, 4) is 22.7 Å². The van der Waals surface area contributed by atoms with Crippen LogP contribution >= 0.6 is 11.6 Å². The molecule has 0 unspecified atom stereocenters. The molecule has 1 aliphatic heterocycles. The number of carbonyl (C=O) groups is 2. The van der Waals surface area contributed by atoms with Gasteiger partial charge in [-0.05, 0) is 61.9 Å². The van der Waals surface area contributed by atoms with E-state index in [0.717, 1.165) is 11.1 Å². The molecule has 1 saturated heterocycles. The molecular weight excluding hydrogens is 531 g/mol. The molecule has 0 radical (unpaired) electrons. The molecule has 206 valence electrons. The minimum absolute atomic E-state index is 0.165. The van der Waals surface area contributed by atoms with Gasteiger partial charge < -0.3 is 24.4 Å². The zero-order valence-corrected chi connectivity index (χ0v) is 23.3. The van der Waals surface area contributed by atoms with Crippen LogP contribution in [0.15, 0.2) is 72.8 Å². The SMILES string of the molecule is COc1cccc(-c2cc(C(=O)N3CCN(C(=O)Nc4ccc(C)c(Cl)c4)CC3)c(C)n2-c2ccccc2F)c1. The number of hydrogen-bond donors (Lipinski definition) is 1. The second-order valence-electron chi connectivity index (χ2n) is 9.72. The molecule has 9 heteroatoms. The first-order valence-electron chi connectivity index (χ1n) is 13.0. The molecule has 3 amide bonds. The van der Waals surface area contributed by atoms with Crippen molar-refractivity contribution in [2.45, 2.75) is 13.8 Å². The van der Waals surface area contributed by atoms with E-state index < -0.39 is 0 Å². The van der Waals surface area contributed by atoms with E-state index in [0.29, 0.717) is 65.3 Å².